The molecular formula is C37H53N5O2. The fourth-order valence-corrected chi connectivity index (χ4v) is 5.67. The fourth-order valence-electron chi connectivity index (χ4n) is 5.67. The zero-order valence-corrected chi connectivity index (χ0v) is 28.4. The minimum absolute atomic E-state index is 0.191. The third kappa shape index (κ3) is 7.91. The molecule has 0 aliphatic heterocycles. The van der Waals surface area contributed by atoms with Crippen LogP contribution in [0.5, 0.6) is 11.5 Å². The summed E-state index contributed by atoms with van der Waals surface area (Å²) in [5.41, 5.74) is 6.01. The average molecular weight is 600 g/mol. The van der Waals surface area contributed by atoms with E-state index in [4.69, 9.17) is 14.6 Å². The van der Waals surface area contributed by atoms with Crippen LogP contribution in [0.2, 0.25) is 0 Å². The van der Waals surface area contributed by atoms with Crippen LogP contribution in [0.4, 0.5) is 5.69 Å². The quantitative estimate of drug-likeness (QED) is 0.121. The van der Waals surface area contributed by atoms with Gasteiger partial charge in [0.25, 0.3) is 0 Å². The highest BCUT2D eigenvalue weighted by Crippen LogP contribution is 2.33. The molecule has 0 aliphatic rings. The summed E-state index contributed by atoms with van der Waals surface area (Å²) in [6.07, 6.45) is 12.0. The molecule has 2 aromatic carbocycles. The minimum atomic E-state index is -0.191. The van der Waals surface area contributed by atoms with Gasteiger partial charge >= 0.3 is 0 Å². The molecule has 0 spiro atoms. The summed E-state index contributed by atoms with van der Waals surface area (Å²) in [7, 11) is 1.68. The van der Waals surface area contributed by atoms with Crippen LogP contribution in [0.3, 0.4) is 0 Å². The number of anilines is 1. The van der Waals surface area contributed by atoms with Gasteiger partial charge in [0, 0.05) is 29.4 Å². The molecule has 4 aromatic rings. The Hall–Kier alpha value is -3.61. The van der Waals surface area contributed by atoms with Crippen LogP contribution in [0.25, 0.3) is 23.1 Å². The Labute approximate surface area is 264 Å². The van der Waals surface area contributed by atoms with Crippen LogP contribution >= 0.6 is 0 Å². The Morgan fingerprint density at radius 2 is 1.64 bits per heavy atom. The predicted molar refractivity (Wildman–Crippen MR) is 183 cm³/mol. The molecule has 44 heavy (non-hydrogen) atoms. The lowest BCUT2D eigenvalue weighted by Crippen LogP contribution is -2.24. The largest absolute Gasteiger partial charge is 0.496 e. The Bertz CT molecular complexity index is 1550. The van der Waals surface area contributed by atoms with Crippen molar-refractivity contribution in [2.45, 2.75) is 105 Å². The summed E-state index contributed by atoms with van der Waals surface area (Å²) in [5.74, 6) is 2.16. The molecule has 0 fully saturated rings. The summed E-state index contributed by atoms with van der Waals surface area (Å²) in [6.45, 7) is 18.3. The van der Waals surface area contributed by atoms with Crippen molar-refractivity contribution in [3.8, 4) is 22.9 Å². The molecule has 7 heteroatoms. The molecule has 0 radical (unpaired) electrons. The molecule has 7 nitrogen and oxygen atoms in total. The standard InChI is InChI=1S/C37H53N5O2/c1-9-12-14-15-16-17-23-44-30-20-21-33(43-8)31(26-30)35-38-39-36-32(34(37(5,6)7)40-42(35)36)25-28-18-19-29(24-27(28)4)41(11-3)22-13-10-2/h18-21,24-26H,9-17,22-23H2,1-8H3. The number of hydrogen-bond donors (Lipinski definition) is 0. The van der Waals surface area contributed by atoms with E-state index in [1.165, 1.54) is 56.2 Å². The van der Waals surface area contributed by atoms with Crippen LogP contribution in [0, 0.1) is 6.92 Å². The summed E-state index contributed by atoms with van der Waals surface area (Å²) in [4.78, 5) is 2.45. The second-order valence-electron chi connectivity index (χ2n) is 12.9. The number of fused-ring (bicyclic) bond motifs is 1. The summed E-state index contributed by atoms with van der Waals surface area (Å²) >= 11 is 0. The molecular weight excluding hydrogens is 546 g/mol. The smallest absolute Gasteiger partial charge is 0.189 e. The van der Waals surface area contributed by atoms with Crippen molar-refractivity contribution in [1.82, 2.24) is 19.8 Å². The van der Waals surface area contributed by atoms with E-state index in [2.05, 4.69) is 87.8 Å². The monoisotopic (exact) mass is 599 g/mol. The van der Waals surface area contributed by atoms with Crippen molar-refractivity contribution in [1.29, 1.82) is 0 Å². The minimum Gasteiger partial charge on any atom is -0.496 e. The van der Waals surface area contributed by atoms with E-state index >= 15 is 0 Å². The molecule has 4 rings (SSSR count). The normalized spacial score (nSPS) is 12.3. The number of hydrogen-bond acceptors (Lipinski definition) is 6. The van der Waals surface area contributed by atoms with E-state index in [9.17, 15) is 0 Å². The maximum Gasteiger partial charge on any atom is 0.189 e. The molecule has 0 unspecified atom stereocenters. The number of rotatable bonds is 16. The van der Waals surface area contributed by atoms with Crippen molar-refractivity contribution in [3.63, 3.8) is 0 Å². The van der Waals surface area contributed by atoms with Gasteiger partial charge < -0.3 is 14.4 Å². The number of nitrogens with zero attached hydrogens (tertiary/aromatic N) is 5. The Morgan fingerprint density at radius 3 is 2.32 bits per heavy atom. The molecule has 0 bridgehead atoms. The third-order valence-corrected chi connectivity index (χ3v) is 8.31. The lowest BCUT2D eigenvalue weighted by Gasteiger charge is -2.23. The van der Waals surface area contributed by atoms with Gasteiger partial charge in [-0.25, -0.2) is 0 Å². The van der Waals surface area contributed by atoms with Crippen LogP contribution in [0.15, 0.2) is 36.4 Å². The fraction of sp³-hybridized carbons (Fsp3) is 0.541. The van der Waals surface area contributed by atoms with E-state index in [1.54, 1.807) is 7.11 Å². The van der Waals surface area contributed by atoms with Gasteiger partial charge in [-0.1, -0.05) is 79.2 Å². The van der Waals surface area contributed by atoms with Crippen LogP contribution < -0.4 is 19.6 Å². The molecule has 2 heterocycles. The summed E-state index contributed by atoms with van der Waals surface area (Å²) < 4.78 is 13.8. The second kappa shape index (κ2) is 15.4. The lowest BCUT2D eigenvalue weighted by atomic mass is 9.90. The highest BCUT2D eigenvalue weighted by Gasteiger charge is 2.25. The first-order chi connectivity index (χ1) is 21.2. The first kappa shape index (κ1) is 33.3. The Balaban J connectivity index is 1.70. The lowest BCUT2D eigenvalue weighted by molar-refractivity contribution is 0.304. The highest BCUT2D eigenvalue weighted by atomic mass is 16.5. The molecule has 2 aromatic heterocycles. The van der Waals surface area contributed by atoms with Gasteiger partial charge in [-0.3, -0.25) is 0 Å². The predicted octanol–water partition coefficient (Wildman–Crippen LogP) is 8.32. The third-order valence-electron chi connectivity index (χ3n) is 8.31. The van der Waals surface area contributed by atoms with E-state index in [-0.39, 0.29) is 5.41 Å². The highest BCUT2D eigenvalue weighted by molar-refractivity contribution is 5.70. The summed E-state index contributed by atoms with van der Waals surface area (Å²) in [5, 5.41) is 15.4. The number of aromatic nitrogens is 4. The summed E-state index contributed by atoms with van der Waals surface area (Å²) in [6, 6.07) is 12.7. The molecule has 0 atom stereocenters. The Morgan fingerprint density at radius 1 is 0.886 bits per heavy atom. The van der Waals surface area contributed by atoms with Gasteiger partial charge in [-0.15, -0.1) is 10.2 Å². The van der Waals surface area contributed by atoms with Crippen molar-refractivity contribution in [3.05, 3.63) is 58.4 Å². The zero-order valence-electron chi connectivity index (χ0n) is 28.4. The van der Waals surface area contributed by atoms with E-state index in [1.807, 2.05) is 22.7 Å². The van der Waals surface area contributed by atoms with Gasteiger partial charge in [0.15, 0.2) is 11.5 Å². The molecule has 0 amide bonds. The van der Waals surface area contributed by atoms with E-state index < -0.39 is 0 Å². The molecule has 0 saturated heterocycles. The number of benzene rings is 2. The van der Waals surface area contributed by atoms with Crippen molar-refractivity contribution >= 4 is 17.4 Å². The SMILES string of the molecule is CCCCCCCCOc1ccc(OC)c(-c2nnc3c(=Cc4ccc(N(CC)CCCC)cc4C)c(C(C)(C)C)nn23)c1. The first-order valence-electron chi connectivity index (χ1n) is 16.7. The van der Waals surface area contributed by atoms with Gasteiger partial charge in [0.2, 0.25) is 0 Å². The number of aryl methyl sites for hydroxylation is 1. The van der Waals surface area contributed by atoms with E-state index in [0.717, 1.165) is 52.9 Å². The van der Waals surface area contributed by atoms with Crippen LogP contribution in [-0.2, 0) is 5.41 Å². The average Bonchev–Trinajstić information content (AvgIpc) is 3.58. The second-order valence-corrected chi connectivity index (χ2v) is 12.9. The van der Waals surface area contributed by atoms with Crippen molar-refractivity contribution in [2.75, 3.05) is 31.7 Å². The number of ether oxygens (including phenoxy) is 2. The number of unbranched alkanes of at least 4 members (excludes halogenated alkanes) is 6. The molecule has 0 N–H and O–H groups in total. The molecule has 238 valence electrons. The molecule has 0 saturated carbocycles. The maximum atomic E-state index is 6.15. The van der Waals surface area contributed by atoms with E-state index in [0.29, 0.717) is 18.2 Å². The van der Waals surface area contributed by atoms with Crippen molar-refractivity contribution < 1.29 is 9.47 Å². The first-order valence-corrected chi connectivity index (χ1v) is 16.7. The van der Waals surface area contributed by atoms with Gasteiger partial charge in [0.1, 0.15) is 11.5 Å². The topological polar surface area (TPSA) is 64.8 Å². The van der Waals surface area contributed by atoms with Gasteiger partial charge in [-0.05, 0) is 74.2 Å². The maximum absolute atomic E-state index is 6.15. The molecule has 0 aliphatic carbocycles. The van der Waals surface area contributed by atoms with Crippen LogP contribution in [-0.4, -0.2) is 46.6 Å². The van der Waals surface area contributed by atoms with Crippen LogP contribution in [0.1, 0.15) is 110 Å². The number of methoxy groups -OCH3 is 1. The van der Waals surface area contributed by atoms with Gasteiger partial charge in [0.05, 0.1) is 25.0 Å². The Kier molecular flexibility index (Phi) is 11.7. The van der Waals surface area contributed by atoms with Gasteiger partial charge in [-0.2, -0.15) is 9.61 Å². The zero-order chi connectivity index (χ0) is 31.7. The van der Waals surface area contributed by atoms with Crippen molar-refractivity contribution in [2.24, 2.45) is 0 Å².